The van der Waals surface area contributed by atoms with E-state index in [9.17, 15) is 4.79 Å². The first kappa shape index (κ1) is 21.0. The maximum atomic E-state index is 11.8. The molecule has 1 fully saturated rings. The number of ether oxygens (including phenoxy) is 3. The number of hydrogen-bond donors (Lipinski definition) is 1. The number of likely N-dealkylation sites (tertiary alicyclic amines) is 1. The number of hydrogen-bond acceptors (Lipinski definition) is 5. The lowest BCUT2D eigenvalue weighted by molar-refractivity contribution is 0.0950. The lowest BCUT2D eigenvalue weighted by Gasteiger charge is -2.31. The minimum Gasteiger partial charge on any atom is -0.493 e. The lowest BCUT2D eigenvalue weighted by atomic mass is 10.0. The number of carbonyl (C=O) groups is 1. The van der Waals surface area contributed by atoms with Crippen molar-refractivity contribution >= 4 is 6.09 Å². The van der Waals surface area contributed by atoms with Crippen molar-refractivity contribution < 1.29 is 19.0 Å². The molecule has 2 aromatic carbocycles. The molecule has 1 N–H and O–H groups in total. The number of nitrogens with one attached hydrogen (secondary N) is 1. The molecule has 0 saturated carbocycles. The first-order chi connectivity index (χ1) is 14.2. The Kier molecular flexibility index (Phi) is 7.76. The summed E-state index contributed by atoms with van der Waals surface area (Å²) >= 11 is 0. The molecule has 6 nitrogen and oxygen atoms in total. The molecule has 2 aromatic rings. The van der Waals surface area contributed by atoms with E-state index in [-0.39, 0.29) is 6.09 Å². The van der Waals surface area contributed by atoms with Gasteiger partial charge in [0.1, 0.15) is 6.61 Å². The van der Waals surface area contributed by atoms with Crippen LogP contribution in [0.25, 0.3) is 0 Å². The highest BCUT2D eigenvalue weighted by atomic mass is 16.6. The van der Waals surface area contributed by atoms with Crippen LogP contribution in [0.3, 0.4) is 0 Å². The molecule has 1 heterocycles. The molecule has 0 atom stereocenters. The zero-order valence-electron chi connectivity index (χ0n) is 17.2. The fourth-order valence-electron chi connectivity index (χ4n) is 3.42. The summed E-state index contributed by atoms with van der Waals surface area (Å²) in [6.07, 6.45) is 1.64. The van der Waals surface area contributed by atoms with E-state index in [2.05, 4.69) is 11.4 Å². The van der Waals surface area contributed by atoms with Gasteiger partial charge in [0.15, 0.2) is 11.5 Å². The van der Waals surface area contributed by atoms with Crippen LogP contribution in [0.5, 0.6) is 11.5 Å². The van der Waals surface area contributed by atoms with Gasteiger partial charge in [0.25, 0.3) is 0 Å². The Bertz CT molecular complexity index is 774. The van der Waals surface area contributed by atoms with Gasteiger partial charge in [-0.15, -0.1) is 0 Å². The van der Waals surface area contributed by atoms with Gasteiger partial charge < -0.3 is 24.4 Å². The summed E-state index contributed by atoms with van der Waals surface area (Å²) in [7, 11) is 1.65. The van der Waals surface area contributed by atoms with Crippen LogP contribution >= 0.6 is 0 Å². The highest BCUT2D eigenvalue weighted by molar-refractivity contribution is 5.67. The maximum Gasteiger partial charge on any atom is 0.409 e. The predicted octanol–water partition coefficient (Wildman–Crippen LogP) is 3.98. The number of amides is 1. The van der Waals surface area contributed by atoms with Gasteiger partial charge in [0.05, 0.1) is 13.7 Å². The van der Waals surface area contributed by atoms with Gasteiger partial charge in [-0.05, 0) is 43.0 Å². The highest BCUT2D eigenvalue weighted by Crippen LogP contribution is 2.29. The second-order valence-electron chi connectivity index (χ2n) is 7.10. The van der Waals surface area contributed by atoms with Crippen molar-refractivity contribution in [3.63, 3.8) is 0 Å². The van der Waals surface area contributed by atoms with Crippen LogP contribution in [0, 0.1) is 0 Å². The van der Waals surface area contributed by atoms with E-state index in [0.717, 1.165) is 55.1 Å². The topological polar surface area (TPSA) is 60.0 Å². The Morgan fingerprint density at radius 1 is 1.07 bits per heavy atom. The minimum absolute atomic E-state index is 0.207. The van der Waals surface area contributed by atoms with E-state index in [1.165, 1.54) is 0 Å². The summed E-state index contributed by atoms with van der Waals surface area (Å²) in [4.78, 5) is 13.6. The fourth-order valence-corrected chi connectivity index (χ4v) is 3.42. The van der Waals surface area contributed by atoms with Crippen molar-refractivity contribution in [2.45, 2.75) is 39.0 Å². The molecule has 1 saturated heterocycles. The molecule has 0 aromatic heterocycles. The third kappa shape index (κ3) is 6.12. The molecule has 1 aliphatic rings. The van der Waals surface area contributed by atoms with E-state index in [1.807, 2.05) is 49.4 Å². The van der Waals surface area contributed by atoms with E-state index in [0.29, 0.717) is 19.3 Å². The van der Waals surface area contributed by atoms with Crippen LogP contribution in [0.4, 0.5) is 4.79 Å². The van der Waals surface area contributed by atoms with Crippen molar-refractivity contribution in [2.24, 2.45) is 0 Å². The molecule has 6 heteroatoms. The fraction of sp³-hybridized carbons (Fsp3) is 0.435. The Labute approximate surface area is 172 Å². The Hall–Kier alpha value is -2.73. The average Bonchev–Trinajstić information content (AvgIpc) is 2.77. The molecule has 0 bridgehead atoms. The molecule has 156 valence electrons. The van der Waals surface area contributed by atoms with Gasteiger partial charge in [-0.1, -0.05) is 36.4 Å². The highest BCUT2D eigenvalue weighted by Gasteiger charge is 2.23. The summed E-state index contributed by atoms with van der Waals surface area (Å²) in [6, 6.07) is 16.5. The zero-order chi connectivity index (χ0) is 20.5. The molecule has 29 heavy (non-hydrogen) atoms. The summed E-state index contributed by atoms with van der Waals surface area (Å²) in [5.74, 6) is 1.47. The summed E-state index contributed by atoms with van der Waals surface area (Å²) in [5.41, 5.74) is 2.26. The quantitative estimate of drug-likeness (QED) is 0.729. The van der Waals surface area contributed by atoms with Crippen LogP contribution in [0.2, 0.25) is 0 Å². The van der Waals surface area contributed by atoms with Gasteiger partial charge in [0, 0.05) is 25.7 Å². The standard InChI is InChI=1S/C23H30N2O4/c1-3-28-23(26)25-13-11-20(12-14-25)24-16-19-9-10-21(27-2)22(15-19)29-17-18-7-5-4-6-8-18/h4-10,15,20,24H,3,11-14,16-17H2,1-2H3. The molecular weight excluding hydrogens is 368 g/mol. The van der Waals surface area contributed by atoms with Crippen molar-refractivity contribution in [2.75, 3.05) is 26.8 Å². The molecule has 0 spiro atoms. The molecule has 0 unspecified atom stereocenters. The second kappa shape index (κ2) is 10.7. The molecule has 0 aliphatic carbocycles. The minimum atomic E-state index is -0.207. The van der Waals surface area contributed by atoms with E-state index >= 15 is 0 Å². The number of carbonyl (C=O) groups excluding carboxylic acids is 1. The van der Waals surface area contributed by atoms with E-state index in [4.69, 9.17) is 14.2 Å². The first-order valence-corrected chi connectivity index (χ1v) is 10.2. The van der Waals surface area contributed by atoms with Gasteiger partial charge in [0.2, 0.25) is 0 Å². The lowest BCUT2D eigenvalue weighted by Crippen LogP contribution is -2.44. The molecule has 1 amide bonds. The number of nitrogens with zero attached hydrogens (tertiary/aromatic N) is 1. The molecular formula is C23H30N2O4. The van der Waals surface area contributed by atoms with Crippen molar-refractivity contribution in [1.29, 1.82) is 0 Å². The zero-order valence-corrected chi connectivity index (χ0v) is 17.2. The van der Waals surface area contributed by atoms with Crippen LogP contribution in [0.1, 0.15) is 30.9 Å². The summed E-state index contributed by atoms with van der Waals surface area (Å²) < 4.78 is 16.5. The number of rotatable bonds is 8. The van der Waals surface area contributed by atoms with Crippen molar-refractivity contribution in [3.8, 4) is 11.5 Å². The Morgan fingerprint density at radius 2 is 1.83 bits per heavy atom. The molecule has 1 aliphatic heterocycles. The Balaban J connectivity index is 1.51. The maximum absolute atomic E-state index is 11.8. The van der Waals surface area contributed by atoms with Gasteiger partial charge in [-0.2, -0.15) is 0 Å². The third-order valence-electron chi connectivity index (χ3n) is 5.08. The van der Waals surface area contributed by atoms with Crippen molar-refractivity contribution in [1.82, 2.24) is 10.2 Å². The van der Waals surface area contributed by atoms with Crippen LogP contribution in [-0.2, 0) is 17.9 Å². The third-order valence-corrected chi connectivity index (χ3v) is 5.08. The number of piperidine rings is 1. The monoisotopic (exact) mass is 398 g/mol. The number of benzene rings is 2. The van der Waals surface area contributed by atoms with E-state index in [1.54, 1.807) is 12.0 Å². The SMILES string of the molecule is CCOC(=O)N1CCC(NCc2ccc(OC)c(OCc3ccccc3)c2)CC1. The summed E-state index contributed by atoms with van der Waals surface area (Å²) in [5, 5.41) is 3.59. The first-order valence-electron chi connectivity index (χ1n) is 10.2. The van der Waals surface area contributed by atoms with Crippen molar-refractivity contribution in [3.05, 3.63) is 59.7 Å². The largest absolute Gasteiger partial charge is 0.493 e. The molecule has 3 rings (SSSR count). The van der Waals surface area contributed by atoms with Crippen LogP contribution in [0.15, 0.2) is 48.5 Å². The van der Waals surface area contributed by atoms with Gasteiger partial charge in [-0.3, -0.25) is 0 Å². The smallest absolute Gasteiger partial charge is 0.409 e. The van der Waals surface area contributed by atoms with E-state index < -0.39 is 0 Å². The van der Waals surface area contributed by atoms with Gasteiger partial charge >= 0.3 is 6.09 Å². The predicted molar refractivity (Wildman–Crippen MR) is 112 cm³/mol. The normalized spacial score (nSPS) is 14.5. The molecule has 0 radical (unpaired) electrons. The van der Waals surface area contributed by atoms with Gasteiger partial charge in [-0.25, -0.2) is 4.79 Å². The van der Waals surface area contributed by atoms with Crippen LogP contribution < -0.4 is 14.8 Å². The van der Waals surface area contributed by atoms with Crippen LogP contribution in [-0.4, -0.2) is 43.8 Å². The number of methoxy groups -OCH3 is 1. The average molecular weight is 399 g/mol. The Morgan fingerprint density at radius 3 is 2.52 bits per heavy atom. The summed E-state index contributed by atoms with van der Waals surface area (Å²) in [6.45, 7) is 4.95. The second-order valence-corrected chi connectivity index (χ2v) is 7.10.